The molecule has 1 unspecified atom stereocenters. The number of benzene rings is 2. The minimum Gasteiger partial charge on any atom is -0.493 e. The standard InChI is InChI=1S/C15H12BrCl2FO2/c1-20-13-6-9(10(17)7-14(13)21-2)15(16)8-3-4-12(19)11(18)5-8/h3-7,15H,1-2H3. The molecule has 2 aromatic rings. The Morgan fingerprint density at radius 3 is 2.19 bits per heavy atom. The van der Waals surface area contributed by atoms with Crippen LogP contribution in [-0.2, 0) is 0 Å². The van der Waals surface area contributed by atoms with Crippen molar-refractivity contribution in [2.45, 2.75) is 4.83 Å². The summed E-state index contributed by atoms with van der Waals surface area (Å²) in [4.78, 5) is -0.247. The van der Waals surface area contributed by atoms with Crippen LogP contribution in [0, 0.1) is 5.82 Å². The number of methoxy groups -OCH3 is 2. The van der Waals surface area contributed by atoms with Crippen molar-refractivity contribution in [2.24, 2.45) is 0 Å². The average Bonchev–Trinajstić information content (AvgIpc) is 2.49. The lowest BCUT2D eigenvalue weighted by atomic mass is 10.0. The molecule has 0 aliphatic heterocycles. The summed E-state index contributed by atoms with van der Waals surface area (Å²) in [6, 6.07) is 7.98. The normalized spacial score (nSPS) is 12.1. The first kappa shape index (κ1) is 16.4. The Morgan fingerprint density at radius 1 is 1.00 bits per heavy atom. The summed E-state index contributed by atoms with van der Waals surface area (Å²) in [5.41, 5.74) is 1.56. The van der Waals surface area contributed by atoms with Crippen LogP contribution in [0.3, 0.4) is 0 Å². The Kier molecular flexibility index (Phi) is 5.36. The Bertz CT molecular complexity index is 664. The third kappa shape index (κ3) is 3.44. The summed E-state index contributed by atoms with van der Waals surface area (Å²) in [5, 5.41) is 0.573. The molecule has 112 valence electrons. The molecule has 0 fully saturated rings. The lowest BCUT2D eigenvalue weighted by Crippen LogP contribution is -1.98. The van der Waals surface area contributed by atoms with Gasteiger partial charge in [-0.1, -0.05) is 45.2 Å². The molecule has 21 heavy (non-hydrogen) atoms. The van der Waals surface area contributed by atoms with E-state index in [-0.39, 0.29) is 9.85 Å². The number of alkyl halides is 1. The third-order valence-corrected chi connectivity index (χ3v) is 4.65. The van der Waals surface area contributed by atoms with Gasteiger partial charge in [-0.3, -0.25) is 0 Å². The highest BCUT2D eigenvalue weighted by atomic mass is 79.9. The molecule has 2 aromatic carbocycles. The van der Waals surface area contributed by atoms with Gasteiger partial charge in [-0.25, -0.2) is 4.39 Å². The Hall–Kier alpha value is -0.970. The fraction of sp³-hybridized carbons (Fsp3) is 0.200. The highest BCUT2D eigenvalue weighted by Gasteiger charge is 2.18. The molecule has 0 aliphatic carbocycles. The van der Waals surface area contributed by atoms with Crippen molar-refractivity contribution in [3.8, 4) is 11.5 Å². The monoisotopic (exact) mass is 392 g/mol. The van der Waals surface area contributed by atoms with E-state index in [4.69, 9.17) is 32.7 Å². The highest BCUT2D eigenvalue weighted by Crippen LogP contribution is 2.41. The van der Waals surface area contributed by atoms with E-state index in [1.807, 2.05) is 0 Å². The van der Waals surface area contributed by atoms with Crippen LogP contribution in [-0.4, -0.2) is 14.2 Å². The molecule has 1 atom stereocenters. The van der Waals surface area contributed by atoms with Gasteiger partial charge in [-0.2, -0.15) is 0 Å². The van der Waals surface area contributed by atoms with Crippen LogP contribution in [0.15, 0.2) is 30.3 Å². The molecular weight excluding hydrogens is 382 g/mol. The number of halogens is 4. The lowest BCUT2D eigenvalue weighted by Gasteiger charge is -2.16. The number of hydrogen-bond donors (Lipinski definition) is 0. The number of ether oxygens (including phenoxy) is 2. The molecule has 0 aromatic heterocycles. The Labute approximate surface area is 140 Å². The van der Waals surface area contributed by atoms with Gasteiger partial charge in [0.15, 0.2) is 11.5 Å². The van der Waals surface area contributed by atoms with Gasteiger partial charge >= 0.3 is 0 Å². The minimum absolute atomic E-state index is 0.0635. The zero-order valence-electron chi connectivity index (χ0n) is 11.3. The number of rotatable bonds is 4. The van der Waals surface area contributed by atoms with Crippen molar-refractivity contribution in [1.29, 1.82) is 0 Å². The van der Waals surface area contributed by atoms with E-state index in [0.29, 0.717) is 16.5 Å². The van der Waals surface area contributed by atoms with Gasteiger partial charge in [0.2, 0.25) is 0 Å². The molecule has 0 radical (unpaired) electrons. The predicted octanol–water partition coefficient (Wildman–Crippen LogP) is 5.63. The van der Waals surface area contributed by atoms with Crippen LogP contribution in [0.25, 0.3) is 0 Å². The lowest BCUT2D eigenvalue weighted by molar-refractivity contribution is 0.354. The van der Waals surface area contributed by atoms with E-state index in [1.165, 1.54) is 6.07 Å². The topological polar surface area (TPSA) is 18.5 Å². The van der Waals surface area contributed by atoms with Crippen molar-refractivity contribution in [3.63, 3.8) is 0 Å². The van der Waals surface area contributed by atoms with Crippen LogP contribution in [0.1, 0.15) is 16.0 Å². The molecule has 0 N–H and O–H groups in total. The van der Waals surface area contributed by atoms with E-state index in [2.05, 4.69) is 15.9 Å². The van der Waals surface area contributed by atoms with Gasteiger partial charge in [0.25, 0.3) is 0 Å². The van der Waals surface area contributed by atoms with E-state index >= 15 is 0 Å². The summed E-state index contributed by atoms with van der Waals surface area (Å²) in [7, 11) is 3.09. The molecule has 0 bridgehead atoms. The molecule has 2 nitrogen and oxygen atoms in total. The average molecular weight is 394 g/mol. The maximum absolute atomic E-state index is 13.3. The summed E-state index contributed by atoms with van der Waals surface area (Å²) >= 11 is 15.6. The molecule has 0 amide bonds. The van der Waals surface area contributed by atoms with Crippen molar-refractivity contribution in [2.75, 3.05) is 14.2 Å². The van der Waals surface area contributed by atoms with Crippen LogP contribution < -0.4 is 9.47 Å². The molecule has 0 saturated heterocycles. The first-order valence-electron chi connectivity index (χ1n) is 5.98. The van der Waals surface area contributed by atoms with Gasteiger partial charge in [-0.05, 0) is 29.3 Å². The summed E-state index contributed by atoms with van der Waals surface area (Å²) in [6.07, 6.45) is 0. The maximum atomic E-state index is 13.3. The highest BCUT2D eigenvalue weighted by molar-refractivity contribution is 9.09. The molecular formula is C15H12BrCl2FO2. The molecule has 0 saturated carbocycles. The smallest absolute Gasteiger partial charge is 0.162 e. The van der Waals surface area contributed by atoms with Crippen LogP contribution in [0.4, 0.5) is 4.39 Å². The van der Waals surface area contributed by atoms with Crippen LogP contribution in [0.5, 0.6) is 11.5 Å². The molecule has 0 heterocycles. The van der Waals surface area contributed by atoms with Crippen LogP contribution >= 0.6 is 39.1 Å². The Morgan fingerprint density at radius 2 is 1.62 bits per heavy atom. The zero-order valence-corrected chi connectivity index (χ0v) is 14.4. The number of hydrogen-bond acceptors (Lipinski definition) is 2. The quantitative estimate of drug-likeness (QED) is 0.626. The third-order valence-electron chi connectivity index (χ3n) is 3.01. The minimum atomic E-state index is -0.460. The fourth-order valence-electron chi connectivity index (χ4n) is 1.91. The van der Waals surface area contributed by atoms with E-state index in [9.17, 15) is 4.39 Å². The largest absolute Gasteiger partial charge is 0.493 e. The predicted molar refractivity (Wildman–Crippen MR) is 86.7 cm³/mol. The first-order valence-corrected chi connectivity index (χ1v) is 7.65. The second kappa shape index (κ2) is 6.86. The summed E-state index contributed by atoms with van der Waals surface area (Å²) < 4.78 is 23.7. The van der Waals surface area contributed by atoms with E-state index in [1.54, 1.807) is 38.5 Å². The van der Waals surface area contributed by atoms with Gasteiger partial charge in [-0.15, -0.1) is 0 Å². The van der Waals surface area contributed by atoms with Gasteiger partial charge in [0.05, 0.1) is 24.1 Å². The summed E-state index contributed by atoms with van der Waals surface area (Å²) in [6.45, 7) is 0. The van der Waals surface area contributed by atoms with E-state index < -0.39 is 5.82 Å². The van der Waals surface area contributed by atoms with Gasteiger partial charge in [0.1, 0.15) is 5.82 Å². The van der Waals surface area contributed by atoms with E-state index in [0.717, 1.165) is 11.1 Å². The molecule has 0 spiro atoms. The Balaban J connectivity index is 2.47. The first-order chi connectivity index (χ1) is 9.97. The van der Waals surface area contributed by atoms with Crippen LogP contribution in [0.2, 0.25) is 10.0 Å². The van der Waals surface area contributed by atoms with Gasteiger partial charge < -0.3 is 9.47 Å². The molecule has 6 heteroatoms. The second-order valence-corrected chi connectivity index (χ2v) is 5.99. The molecule has 0 aliphatic rings. The van der Waals surface area contributed by atoms with Crippen molar-refractivity contribution < 1.29 is 13.9 Å². The maximum Gasteiger partial charge on any atom is 0.162 e. The van der Waals surface area contributed by atoms with Crippen molar-refractivity contribution >= 4 is 39.1 Å². The van der Waals surface area contributed by atoms with Crippen molar-refractivity contribution in [3.05, 3.63) is 57.3 Å². The SMILES string of the molecule is COc1cc(Cl)c(C(Br)c2ccc(F)c(Cl)c2)cc1OC. The fourth-order valence-corrected chi connectivity index (χ4v) is 3.16. The summed E-state index contributed by atoms with van der Waals surface area (Å²) in [5.74, 6) is 0.649. The zero-order chi connectivity index (χ0) is 15.6. The van der Waals surface area contributed by atoms with Gasteiger partial charge in [0, 0.05) is 11.1 Å². The second-order valence-electron chi connectivity index (χ2n) is 4.26. The molecule has 2 rings (SSSR count). The van der Waals surface area contributed by atoms with Crippen molar-refractivity contribution in [1.82, 2.24) is 0 Å².